The van der Waals surface area contributed by atoms with Gasteiger partial charge in [0.1, 0.15) is 11.5 Å². The number of hydrogen-bond acceptors (Lipinski definition) is 3. The van der Waals surface area contributed by atoms with Gasteiger partial charge in [0, 0.05) is 34.6 Å². The Morgan fingerprint density at radius 2 is 1.08 bits per heavy atom. The highest BCUT2D eigenvalue weighted by molar-refractivity contribution is 6.97. The quantitative estimate of drug-likeness (QED) is 0.132. The molecule has 3 nitrogen and oxygen atoms in total. The van der Waals surface area contributed by atoms with Crippen molar-refractivity contribution in [3.63, 3.8) is 0 Å². The van der Waals surface area contributed by atoms with Gasteiger partial charge in [-0.2, -0.15) is 0 Å². The maximum atomic E-state index is 6.82. The number of rotatable bonds is 6. The molecule has 1 aliphatic rings. The Morgan fingerprint density at radius 3 is 1.80 bits per heavy atom. The Kier molecular flexibility index (Phi) is 6.92. The third kappa shape index (κ3) is 4.87. The molecular weight excluding hydrogens is 619 g/mol. The zero-order valence-electron chi connectivity index (χ0n) is 27.8. The Hall–Kier alpha value is -6.65. The molecular formula is C47H31BN2O. The van der Waals surface area contributed by atoms with Gasteiger partial charge in [0.15, 0.2) is 0 Å². The second-order valence-corrected chi connectivity index (χ2v) is 13.1. The van der Waals surface area contributed by atoms with E-state index in [2.05, 4.69) is 174 Å². The Labute approximate surface area is 297 Å². The van der Waals surface area contributed by atoms with Crippen molar-refractivity contribution in [2.24, 2.45) is 0 Å². The third-order valence-electron chi connectivity index (χ3n) is 10.2. The van der Waals surface area contributed by atoms with Crippen molar-refractivity contribution in [3.05, 3.63) is 188 Å². The van der Waals surface area contributed by atoms with E-state index < -0.39 is 0 Å². The number of benzene rings is 8. The average Bonchev–Trinajstić information content (AvgIpc) is 3.20. The molecule has 8 aromatic carbocycles. The fraction of sp³-hybridized carbons (Fsp3) is 0. The predicted octanol–water partition coefficient (Wildman–Crippen LogP) is 10.3. The number of pyridine rings is 1. The van der Waals surface area contributed by atoms with E-state index in [9.17, 15) is 0 Å². The van der Waals surface area contributed by atoms with Gasteiger partial charge < -0.3 is 9.64 Å². The zero-order chi connectivity index (χ0) is 33.7. The van der Waals surface area contributed by atoms with Crippen LogP contribution in [0.3, 0.4) is 0 Å². The number of aromatic nitrogens is 1. The van der Waals surface area contributed by atoms with Crippen molar-refractivity contribution in [2.75, 3.05) is 4.90 Å². The minimum absolute atomic E-state index is 0.0790. The number of ether oxygens (including phenoxy) is 1. The summed E-state index contributed by atoms with van der Waals surface area (Å²) < 4.78 is 6.82. The fourth-order valence-corrected chi connectivity index (χ4v) is 8.02. The highest BCUT2D eigenvalue weighted by Gasteiger charge is 2.28. The van der Waals surface area contributed by atoms with Crippen LogP contribution in [0.25, 0.3) is 43.4 Å². The number of fused-ring (bicyclic) bond motifs is 6. The molecule has 0 N–H and O–H groups in total. The van der Waals surface area contributed by atoms with Crippen molar-refractivity contribution >= 4 is 72.5 Å². The van der Waals surface area contributed by atoms with Gasteiger partial charge in [0.25, 0.3) is 0 Å². The number of anilines is 3. The summed E-state index contributed by atoms with van der Waals surface area (Å²) in [6, 6.07) is 63.0. The smallest absolute Gasteiger partial charge is 0.242 e. The van der Waals surface area contributed by atoms with Gasteiger partial charge in [0.05, 0.1) is 11.9 Å². The van der Waals surface area contributed by atoms with Crippen molar-refractivity contribution in [1.82, 2.24) is 4.98 Å². The van der Waals surface area contributed by atoms with E-state index in [0.29, 0.717) is 0 Å². The topological polar surface area (TPSA) is 25.4 Å². The lowest BCUT2D eigenvalue weighted by Crippen LogP contribution is -2.52. The van der Waals surface area contributed by atoms with E-state index >= 15 is 0 Å². The molecule has 0 unspecified atom stereocenters. The van der Waals surface area contributed by atoms with Crippen LogP contribution in [0.4, 0.5) is 17.1 Å². The minimum Gasteiger partial charge on any atom is -0.456 e. The van der Waals surface area contributed by atoms with Crippen LogP contribution in [-0.4, -0.2) is 11.7 Å². The molecule has 2 heterocycles. The van der Waals surface area contributed by atoms with Crippen LogP contribution >= 0.6 is 0 Å². The SMILES string of the molecule is c1ccc(B(c2ccccc2)c2cc3c4cccc5c4c(cc3c3ccccc23)-c2ccc(N(c3ccccc3)c3cccnc3)cc2O5)cc1. The summed E-state index contributed by atoms with van der Waals surface area (Å²) in [6.45, 7) is 0.0790. The van der Waals surface area contributed by atoms with Crippen LogP contribution in [0.5, 0.6) is 11.5 Å². The molecule has 0 saturated heterocycles. The summed E-state index contributed by atoms with van der Waals surface area (Å²) >= 11 is 0. The number of nitrogens with zero attached hydrogens (tertiary/aromatic N) is 2. The molecule has 0 aliphatic carbocycles. The summed E-state index contributed by atoms with van der Waals surface area (Å²) in [7, 11) is 0. The predicted molar refractivity (Wildman–Crippen MR) is 214 cm³/mol. The number of hydrogen-bond donors (Lipinski definition) is 0. The lowest BCUT2D eigenvalue weighted by Gasteiger charge is -2.28. The van der Waals surface area contributed by atoms with E-state index in [4.69, 9.17) is 4.74 Å². The first-order chi connectivity index (χ1) is 25.3. The van der Waals surface area contributed by atoms with E-state index in [1.165, 1.54) is 48.9 Å². The van der Waals surface area contributed by atoms with Gasteiger partial charge in [-0.05, 0) is 81.0 Å². The van der Waals surface area contributed by atoms with Gasteiger partial charge in [-0.15, -0.1) is 0 Å². The van der Waals surface area contributed by atoms with Crippen LogP contribution in [-0.2, 0) is 0 Å². The van der Waals surface area contributed by atoms with Gasteiger partial charge in [-0.3, -0.25) is 4.98 Å². The summed E-state index contributed by atoms with van der Waals surface area (Å²) in [5.41, 5.74) is 9.18. The van der Waals surface area contributed by atoms with Crippen LogP contribution in [0.2, 0.25) is 0 Å². The first-order valence-electron chi connectivity index (χ1n) is 17.4. The van der Waals surface area contributed by atoms with Gasteiger partial charge >= 0.3 is 0 Å². The largest absolute Gasteiger partial charge is 0.456 e. The maximum Gasteiger partial charge on any atom is 0.242 e. The Morgan fingerprint density at radius 1 is 0.431 bits per heavy atom. The second-order valence-electron chi connectivity index (χ2n) is 13.1. The molecule has 0 radical (unpaired) electrons. The molecule has 9 aromatic rings. The standard InChI is InChI=1S/C47H31BN2O/c1-4-14-32(15-5-1)48(33-16-6-2-7-17-33)44-30-42-40-23-12-24-45-47(40)43(29-41(42)37-21-10-11-22-38(37)44)39-26-25-35(28-46(39)51-45)50(34-18-8-3-9-19-34)36-20-13-27-49-31-36/h1-31H. The normalized spacial score (nSPS) is 11.7. The summed E-state index contributed by atoms with van der Waals surface area (Å²) in [4.78, 5) is 6.65. The van der Waals surface area contributed by atoms with Gasteiger partial charge in [0.2, 0.25) is 6.71 Å². The van der Waals surface area contributed by atoms with Crippen LogP contribution in [0.15, 0.2) is 188 Å². The molecule has 0 atom stereocenters. The van der Waals surface area contributed by atoms with Crippen molar-refractivity contribution in [1.29, 1.82) is 0 Å². The summed E-state index contributed by atoms with van der Waals surface area (Å²) in [5, 5.41) is 7.34. The lowest BCUT2D eigenvalue weighted by atomic mass is 9.36. The summed E-state index contributed by atoms with van der Waals surface area (Å²) in [5.74, 6) is 1.71. The second kappa shape index (κ2) is 12.0. The van der Waals surface area contributed by atoms with Gasteiger partial charge in [-0.1, -0.05) is 138 Å². The third-order valence-corrected chi connectivity index (χ3v) is 10.2. The van der Waals surface area contributed by atoms with E-state index in [0.717, 1.165) is 39.5 Å². The molecule has 0 bridgehead atoms. The van der Waals surface area contributed by atoms with Crippen LogP contribution in [0, 0.1) is 0 Å². The highest BCUT2D eigenvalue weighted by atomic mass is 16.5. The monoisotopic (exact) mass is 650 g/mol. The Bertz CT molecular complexity index is 2640. The highest BCUT2D eigenvalue weighted by Crippen LogP contribution is 2.51. The van der Waals surface area contributed by atoms with E-state index in [1.807, 2.05) is 18.3 Å². The van der Waals surface area contributed by atoms with Gasteiger partial charge in [-0.25, -0.2) is 0 Å². The molecule has 0 amide bonds. The molecule has 51 heavy (non-hydrogen) atoms. The maximum absolute atomic E-state index is 6.82. The molecule has 0 spiro atoms. The molecule has 0 saturated carbocycles. The first kappa shape index (κ1) is 29.3. The zero-order valence-corrected chi connectivity index (χ0v) is 27.8. The summed E-state index contributed by atoms with van der Waals surface area (Å²) in [6.07, 6.45) is 3.70. The minimum atomic E-state index is 0.0790. The molecule has 238 valence electrons. The van der Waals surface area contributed by atoms with E-state index in [-0.39, 0.29) is 6.71 Å². The molecule has 0 fully saturated rings. The average molecular weight is 651 g/mol. The van der Waals surface area contributed by atoms with Crippen LogP contribution < -0.4 is 26.0 Å². The van der Waals surface area contributed by atoms with Crippen LogP contribution in [0.1, 0.15) is 0 Å². The fourth-order valence-electron chi connectivity index (χ4n) is 8.02. The molecule has 1 aromatic heterocycles. The lowest BCUT2D eigenvalue weighted by molar-refractivity contribution is 0.487. The molecule has 1 aliphatic heterocycles. The van der Waals surface area contributed by atoms with E-state index in [1.54, 1.807) is 6.20 Å². The first-order valence-corrected chi connectivity index (χ1v) is 17.4. The number of para-hydroxylation sites is 1. The van der Waals surface area contributed by atoms with Crippen molar-refractivity contribution in [2.45, 2.75) is 0 Å². The van der Waals surface area contributed by atoms with Crippen molar-refractivity contribution < 1.29 is 4.74 Å². The molecule has 4 heteroatoms. The van der Waals surface area contributed by atoms with Crippen molar-refractivity contribution in [3.8, 4) is 22.6 Å². The Balaban J connectivity index is 1.21. The molecule has 10 rings (SSSR count).